The van der Waals surface area contributed by atoms with E-state index in [2.05, 4.69) is 0 Å². The molecule has 0 unspecified atom stereocenters. The van der Waals surface area contributed by atoms with Crippen molar-refractivity contribution in [3.63, 3.8) is 0 Å². The lowest BCUT2D eigenvalue weighted by atomic mass is 10.2. The summed E-state index contributed by atoms with van der Waals surface area (Å²) in [5.74, 6) is -1.19. The van der Waals surface area contributed by atoms with Crippen LogP contribution in [0, 0.1) is 11.6 Å². The quantitative estimate of drug-likeness (QED) is 0.586. The van der Waals surface area contributed by atoms with Crippen molar-refractivity contribution >= 4 is 11.8 Å². The van der Waals surface area contributed by atoms with Crippen LogP contribution in [0.2, 0.25) is 0 Å². The van der Waals surface area contributed by atoms with E-state index >= 15 is 0 Å². The number of hydrogen-bond donors (Lipinski definition) is 2. The molecule has 1 rings (SSSR count). The Balaban J connectivity index is 3.11. The van der Waals surface area contributed by atoms with Crippen LogP contribution in [0.5, 0.6) is 0 Å². The smallest absolute Gasteiger partial charge is 0.144 e. The second-order valence-corrected chi connectivity index (χ2v) is 3.21. The Kier molecular flexibility index (Phi) is 3.65. The Labute approximate surface area is 78.9 Å². The van der Waals surface area contributed by atoms with Crippen molar-refractivity contribution in [2.24, 2.45) is 0 Å². The van der Waals surface area contributed by atoms with Gasteiger partial charge in [0.15, 0.2) is 0 Å². The molecule has 2 nitrogen and oxygen atoms in total. The Morgan fingerprint density at radius 3 is 2.69 bits per heavy atom. The second kappa shape index (κ2) is 4.55. The average Bonchev–Trinajstić information content (AvgIpc) is 2.11. The van der Waals surface area contributed by atoms with Gasteiger partial charge >= 0.3 is 0 Å². The van der Waals surface area contributed by atoms with Crippen LogP contribution >= 0.6 is 11.8 Å². The Morgan fingerprint density at radius 2 is 2.15 bits per heavy atom. The van der Waals surface area contributed by atoms with Crippen LogP contribution in [0.15, 0.2) is 17.0 Å². The van der Waals surface area contributed by atoms with Crippen LogP contribution in [-0.2, 0) is 6.54 Å². The zero-order valence-corrected chi connectivity index (χ0v) is 7.79. The van der Waals surface area contributed by atoms with E-state index in [1.165, 1.54) is 12.1 Å². The minimum atomic E-state index is -0.617. The van der Waals surface area contributed by atoms with Gasteiger partial charge < -0.3 is 5.21 Å². The zero-order chi connectivity index (χ0) is 9.84. The van der Waals surface area contributed by atoms with Gasteiger partial charge in [0.25, 0.3) is 0 Å². The summed E-state index contributed by atoms with van der Waals surface area (Å²) in [4.78, 5) is -0.0206. The lowest BCUT2D eigenvalue weighted by Gasteiger charge is -2.06. The van der Waals surface area contributed by atoms with Gasteiger partial charge in [0.2, 0.25) is 0 Å². The van der Waals surface area contributed by atoms with Gasteiger partial charge in [0.05, 0.1) is 4.90 Å². The molecular formula is C8H9F2NOS. The molecule has 0 aliphatic heterocycles. The maximum Gasteiger partial charge on any atom is 0.144 e. The highest BCUT2D eigenvalue weighted by Crippen LogP contribution is 2.25. The van der Waals surface area contributed by atoms with E-state index in [9.17, 15) is 8.78 Å². The highest BCUT2D eigenvalue weighted by atomic mass is 32.2. The lowest BCUT2D eigenvalue weighted by Crippen LogP contribution is -2.08. The molecule has 0 aromatic heterocycles. The third-order valence-electron chi connectivity index (χ3n) is 1.60. The van der Waals surface area contributed by atoms with Gasteiger partial charge in [0.1, 0.15) is 11.6 Å². The fourth-order valence-electron chi connectivity index (χ4n) is 0.982. The van der Waals surface area contributed by atoms with E-state index in [-0.39, 0.29) is 17.0 Å². The molecule has 0 fully saturated rings. The highest BCUT2D eigenvalue weighted by Gasteiger charge is 2.11. The fraction of sp³-hybridized carbons (Fsp3) is 0.250. The van der Waals surface area contributed by atoms with Gasteiger partial charge in [-0.3, -0.25) is 0 Å². The van der Waals surface area contributed by atoms with Crippen molar-refractivity contribution in [3.05, 3.63) is 29.3 Å². The van der Waals surface area contributed by atoms with Crippen molar-refractivity contribution in [3.8, 4) is 0 Å². The Hall–Kier alpha value is -0.650. The highest BCUT2D eigenvalue weighted by molar-refractivity contribution is 7.98. The molecule has 0 saturated heterocycles. The van der Waals surface area contributed by atoms with Crippen LogP contribution in [0.25, 0.3) is 0 Å². The maximum atomic E-state index is 13.3. The molecule has 72 valence electrons. The molecule has 5 heteroatoms. The number of hydroxylamine groups is 1. The van der Waals surface area contributed by atoms with E-state index in [4.69, 9.17) is 5.21 Å². The minimum Gasteiger partial charge on any atom is -0.316 e. The fourth-order valence-corrected chi connectivity index (χ4v) is 1.56. The van der Waals surface area contributed by atoms with Gasteiger partial charge in [-0.1, -0.05) is 6.07 Å². The molecule has 0 radical (unpaired) electrons. The summed E-state index contributed by atoms with van der Waals surface area (Å²) in [5, 5.41) is 8.36. The molecule has 13 heavy (non-hydrogen) atoms. The predicted molar refractivity (Wildman–Crippen MR) is 46.8 cm³/mol. The van der Waals surface area contributed by atoms with Crippen molar-refractivity contribution in [2.75, 3.05) is 6.26 Å². The van der Waals surface area contributed by atoms with Crippen molar-refractivity contribution in [1.82, 2.24) is 5.48 Å². The summed E-state index contributed by atoms with van der Waals surface area (Å²) in [6.45, 7) is -0.0281. The molecule has 0 aliphatic carbocycles. The van der Waals surface area contributed by atoms with Gasteiger partial charge in [-0.25, -0.2) is 14.3 Å². The number of halogens is 2. The summed E-state index contributed by atoms with van der Waals surface area (Å²) in [6.07, 6.45) is 1.59. The number of nitrogens with one attached hydrogen (secondary N) is 1. The first-order chi connectivity index (χ1) is 6.20. The van der Waals surface area contributed by atoms with E-state index in [0.29, 0.717) is 0 Å². The number of benzene rings is 1. The van der Waals surface area contributed by atoms with Crippen molar-refractivity contribution < 1.29 is 14.0 Å². The van der Waals surface area contributed by atoms with E-state index in [0.717, 1.165) is 11.8 Å². The zero-order valence-electron chi connectivity index (χ0n) is 6.97. The van der Waals surface area contributed by atoms with Crippen LogP contribution < -0.4 is 5.48 Å². The van der Waals surface area contributed by atoms with Crippen LogP contribution in [0.3, 0.4) is 0 Å². The molecule has 0 amide bonds. The third kappa shape index (κ3) is 2.18. The number of rotatable bonds is 3. The molecule has 0 heterocycles. The van der Waals surface area contributed by atoms with E-state index in [1.54, 1.807) is 6.26 Å². The standard InChI is InChI=1S/C8H9F2NOS/c1-13-8-6(9)3-2-5(4-11-12)7(8)10/h2-3,11-12H,4H2,1H3. The average molecular weight is 205 g/mol. The van der Waals surface area contributed by atoms with Gasteiger partial charge in [-0.05, 0) is 12.3 Å². The number of hydrogen-bond acceptors (Lipinski definition) is 3. The first-order valence-electron chi connectivity index (χ1n) is 3.58. The predicted octanol–water partition coefficient (Wildman–Crippen LogP) is 2.17. The normalized spacial score (nSPS) is 10.5. The molecule has 0 bridgehead atoms. The van der Waals surface area contributed by atoms with Crippen LogP contribution in [0.1, 0.15) is 5.56 Å². The van der Waals surface area contributed by atoms with Crippen molar-refractivity contribution in [2.45, 2.75) is 11.4 Å². The van der Waals surface area contributed by atoms with Gasteiger partial charge in [-0.2, -0.15) is 0 Å². The molecule has 0 spiro atoms. The largest absolute Gasteiger partial charge is 0.316 e. The first kappa shape index (κ1) is 10.4. The summed E-state index contributed by atoms with van der Waals surface area (Å²) in [5.41, 5.74) is 2.07. The third-order valence-corrected chi connectivity index (χ3v) is 2.39. The molecule has 1 aromatic carbocycles. The Bertz CT molecular complexity index is 306. The molecule has 1 aromatic rings. The molecule has 0 atom stereocenters. The van der Waals surface area contributed by atoms with Gasteiger partial charge in [0, 0.05) is 12.1 Å². The van der Waals surface area contributed by atoms with Gasteiger partial charge in [-0.15, -0.1) is 11.8 Å². The Morgan fingerprint density at radius 1 is 1.46 bits per heavy atom. The SMILES string of the molecule is CSc1c(F)ccc(CNO)c1F. The molecule has 0 aliphatic rings. The minimum absolute atomic E-state index is 0.0206. The lowest BCUT2D eigenvalue weighted by molar-refractivity contribution is 0.159. The summed E-state index contributed by atoms with van der Waals surface area (Å²) in [7, 11) is 0. The van der Waals surface area contributed by atoms with E-state index < -0.39 is 11.6 Å². The maximum absolute atomic E-state index is 13.3. The summed E-state index contributed by atoms with van der Waals surface area (Å²) < 4.78 is 26.2. The topological polar surface area (TPSA) is 32.3 Å². The van der Waals surface area contributed by atoms with Crippen LogP contribution in [-0.4, -0.2) is 11.5 Å². The monoisotopic (exact) mass is 205 g/mol. The molecular weight excluding hydrogens is 196 g/mol. The first-order valence-corrected chi connectivity index (χ1v) is 4.81. The van der Waals surface area contributed by atoms with Crippen LogP contribution in [0.4, 0.5) is 8.78 Å². The van der Waals surface area contributed by atoms with Crippen molar-refractivity contribution in [1.29, 1.82) is 0 Å². The second-order valence-electron chi connectivity index (χ2n) is 2.39. The van der Waals surface area contributed by atoms with E-state index in [1.807, 2.05) is 5.48 Å². The molecule has 2 N–H and O–H groups in total. The number of thioether (sulfide) groups is 1. The summed E-state index contributed by atoms with van der Waals surface area (Å²) in [6, 6.07) is 2.48. The summed E-state index contributed by atoms with van der Waals surface area (Å²) >= 11 is 1.00. The molecule has 0 saturated carbocycles.